The second kappa shape index (κ2) is 5.87. The van der Waals surface area contributed by atoms with Crippen molar-refractivity contribution >= 4 is 11.9 Å². The highest BCUT2D eigenvalue weighted by molar-refractivity contribution is 5.79. The lowest BCUT2D eigenvalue weighted by molar-refractivity contribution is -0.138. The highest BCUT2D eigenvalue weighted by atomic mass is 16.4. The monoisotopic (exact) mass is 261 g/mol. The molecule has 1 atom stereocenters. The van der Waals surface area contributed by atoms with Crippen molar-refractivity contribution < 1.29 is 14.7 Å². The third kappa shape index (κ3) is 3.81. The number of nitrogens with zero attached hydrogens (tertiary/aromatic N) is 1. The SMILES string of the molecule is Cc1ccc(CC(=O)N2CCC(CC(=O)O)C2)cc1. The lowest BCUT2D eigenvalue weighted by atomic mass is 10.1. The van der Waals surface area contributed by atoms with Gasteiger partial charge in [-0.3, -0.25) is 9.59 Å². The Hall–Kier alpha value is -1.84. The summed E-state index contributed by atoms with van der Waals surface area (Å²) < 4.78 is 0. The van der Waals surface area contributed by atoms with Gasteiger partial charge in [0.1, 0.15) is 0 Å². The van der Waals surface area contributed by atoms with Crippen LogP contribution < -0.4 is 0 Å². The molecule has 1 aliphatic rings. The van der Waals surface area contributed by atoms with E-state index in [0.717, 1.165) is 12.0 Å². The van der Waals surface area contributed by atoms with Gasteiger partial charge in [0.05, 0.1) is 6.42 Å². The van der Waals surface area contributed by atoms with Gasteiger partial charge in [-0.15, -0.1) is 0 Å². The first-order valence-electron chi connectivity index (χ1n) is 6.59. The lowest BCUT2D eigenvalue weighted by Crippen LogP contribution is -2.30. The Morgan fingerprint density at radius 3 is 2.63 bits per heavy atom. The molecule has 1 amide bonds. The summed E-state index contributed by atoms with van der Waals surface area (Å²) in [6, 6.07) is 7.94. The number of hydrogen-bond acceptors (Lipinski definition) is 2. The topological polar surface area (TPSA) is 57.6 Å². The van der Waals surface area contributed by atoms with Gasteiger partial charge in [0.25, 0.3) is 0 Å². The van der Waals surface area contributed by atoms with Crippen molar-refractivity contribution in [3.8, 4) is 0 Å². The molecule has 19 heavy (non-hydrogen) atoms. The van der Waals surface area contributed by atoms with E-state index >= 15 is 0 Å². The Labute approximate surface area is 113 Å². The van der Waals surface area contributed by atoms with E-state index in [1.54, 1.807) is 4.90 Å². The van der Waals surface area contributed by atoms with Gasteiger partial charge in [0.2, 0.25) is 5.91 Å². The smallest absolute Gasteiger partial charge is 0.303 e. The summed E-state index contributed by atoms with van der Waals surface area (Å²) in [7, 11) is 0. The van der Waals surface area contributed by atoms with E-state index in [4.69, 9.17) is 5.11 Å². The van der Waals surface area contributed by atoms with E-state index in [0.29, 0.717) is 19.5 Å². The van der Waals surface area contributed by atoms with Crippen molar-refractivity contribution in [3.05, 3.63) is 35.4 Å². The second-order valence-electron chi connectivity index (χ2n) is 5.25. The molecule has 0 bridgehead atoms. The Morgan fingerprint density at radius 1 is 1.32 bits per heavy atom. The summed E-state index contributed by atoms with van der Waals surface area (Å²) in [6.45, 7) is 3.28. The minimum atomic E-state index is -0.780. The van der Waals surface area contributed by atoms with E-state index in [1.165, 1.54) is 5.56 Å². The summed E-state index contributed by atoms with van der Waals surface area (Å²) in [4.78, 5) is 24.5. The lowest BCUT2D eigenvalue weighted by Gasteiger charge is -2.16. The van der Waals surface area contributed by atoms with Crippen LogP contribution in [0.25, 0.3) is 0 Å². The maximum Gasteiger partial charge on any atom is 0.303 e. The molecule has 4 heteroatoms. The minimum Gasteiger partial charge on any atom is -0.481 e. The zero-order valence-electron chi connectivity index (χ0n) is 11.1. The first-order valence-corrected chi connectivity index (χ1v) is 6.59. The van der Waals surface area contributed by atoms with Crippen LogP contribution in [0.15, 0.2) is 24.3 Å². The normalized spacial score (nSPS) is 18.6. The van der Waals surface area contributed by atoms with Crippen LogP contribution in [0, 0.1) is 12.8 Å². The van der Waals surface area contributed by atoms with Crippen LogP contribution in [0.1, 0.15) is 24.0 Å². The Morgan fingerprint density at radius 2 is 2.00 bits per heavy atom. The van der Waals surface area contributed by atoms with Gasteiger partial charge in [0.15, 0.2) is 0 Å². The number of carbonyl (C=O) groups excluding carboxylic acids is 1. The molecular weight excluding hydrogens is 242 g/mol. The zero-order chi connectivity index (χ0) is 13.8. The van der Waals surface area contributed by atoms with Crippen LogP contribution >= 0.6 is 0 Å². The molecule has 1 heterocycles. The number of aryl methyl sites for hydroxylation is 1. The summed E-state index contributed by atoms with van der Waals surface area (Å²) in [5.41, 5.74) is 2.19. The molecule has 1 N–H and O–H groups in total. The number of carboxylic acids is 1. The van der Waals surface area contributed by atoms with Crippen LogP contribution in [0.5, 0.6) is 0 Å². The van der Waals surface area contributed by atoms with E-state index in [1.807, 2.05) is 31.2 Å². The summed E-state index contributed by atoms with van der Waals surface area (Å²) in [5, 5.41) is 8.76. The fourth-order valence-electron chi connectivity index (χ4n) is 2.47. The predicted molar refractivity (Wildman–Crippen MR) is 71.8 cm³/mol. The van der Waals surface area contributed by atoms with E-state index in [-0.39, 0.29) is 18.2 Å². The fraction of sp³-hybridized carbons (Fsp3) is 0.467. The molecule has 1 aliphatic heterocycles. The van der Waals surface area contributed by atoms with E-state index < -0.39 is 5.97 Å². The van der Waals surface area contributed by atoms with Gasteiger partial charge in [0, 0.05) is 19.5 Å². The quantitative estimate of drug-likeness (QED) is 0.900. The molecule has 0 aliphatic carbocycles. The largest absolute Gasteiger partial charge is 0.481 e. The molecule has 0 spiro atoms. The number of benzene rings is 1. The highest BCUT2D eigenvalue weighted by Crippen LogP contribution is 2.20. The highest BCUT2D eigenvalue weighted by Gasteiger charge is 2.27. The Kier molecular flexibility index (Phi) is 4.20. The average molecular weight is 261 g/mol. The zero-order valence-corrected chi connectivity index (χ0v) is 11.1. The maximum absolute atomic E-state index is 12.1. The van der Waals surface area contributed by atoms with Crippen LogP contribution in [-0.2, 0) is 16.0 Å². The molecule has 2 rings (SSSR count). The molecule has 0 aromatic heterocycles. The number of aliphatic carboxylic acids is 1. The van der Waals surface area contributed by atoms with E-state index in [2.05, 4.69) is 0 Å². The van der Waals surface area contributed by atoms with Crippen molar-refractivity contribution in [1.29, 1.82) is 0 Å². The van der Waals surface area contributed by atoms with E-state index in [9.17, 15) is 9.59 Å². The van der Waals surface area contributed by atoms with Gasteiger partial charge < -0.3 is 10.0 Å². The predicted octanol–water partition coefficient (Wildman–Crippen LogP) is 1.86. The maximum atomic E-state index is 12.1. The number of carboxylic acid groups (broad SMARTS) is 1. The average Bonchev–Trinajstić information content (AvgIpc) is 2.80. The number of likely N-dealkylation sites (tertiary alicyclic amines) is 1. The third-order valence-electron chi connectivity index (χ3n) is 3.58. The molecule has 0 radical (unpaired) electrons. The third-order valence-corrected chi connectivity index (χ3v) is 3.58. The minimum absolute atomic E-state index is 0.0942. The summed E-state index contributed by atoms with van der Waals surface area (Å²) >= 11 is 0. The number of rotatable bonds is 4. The molecule has 102 valence electrons. The molecular formula is C15H19NO3. The van der Waals surface area contributed by atoms with Gasteiger partial charge in [-0.05, 0) is 24.8 Å². The van der Waals surface area contributed by atoms with Gasteiger partial charge in [-0.1, -0.05) is 29.8 Å². The van der Waals surface area contributed by atoms with Crippen molar-refractivity contribution in [2.75, 3.05) is 13.1 Å². The molecule has 4 nitrogen and oxygen atoms in total. The fourth-order valence-corrected chi connectivity index (χ4v) is 2.47. The van der Waals surface area contributed by atoms with Crippen LogP contribution in [0.3, 0.4) is 0 Å². The number of hydrogen-bond donors (Lipinski definition) is 1. The van der Waals surface area contributed by atoms with Crippen molar-refractivity contribution in [1.82, 2.24) is 4.90 Å². The Bertz CT molecular complexity index is 467. The number of carbonyl (C=O) groups is 2. The van der Waals surface area contributed by atoms with Crippen LogP contribution in [0.4, 0.5) is 0 Å². The second-order valence-corrected chi connectivity index (χ2v) is 5.25. The summed E-state index contributed by atoms with van der Waals surface area (Å²) in [6.07, 6.45) is 1.36. The standard InChI is InChI=1S/C15H19NO3/c1-11-2-4-12(5-3-11)8-14(17)16-7-6-13(10-16)9-15(18)19/h2-5,13H,6-10H2,1H3,(H,18,19). The molecule has 1 aromatic carbocycles. The molecule has 1 fully saturated rings. The van der Waals surface area contributed by atoms with Gasteiger partial charge in [-0.2, -0.15) is 0 Å². The van der Waals surface area contributed by atoms with Crippen LogP contribution in [0.2, 0.25) is 0 Å². The Balaban J connectivity index is 1.87. The van der Waals surface area contributed by atoms with Crippen molar-refractivity contribution in [2.24, 2.45) is 5.92 Å². The first-order chi connectivity index (χ1) is 9.04. The van der Waals surface area contributed by atoms with Crippen molar-refractivity contribution in [3.63, 3.8) is 0 Å². The molecule has 1 aromatic rings. The van der Waals surface area contributed by atoms with Gasteiger partial charge >= 0.3 is 5.97 Å². The van der Waals surface area contributed by atoms with Crippen molar-refractivity contribution in [2.45, 2.75) is 26.2 Å². The molecule has 1 unspecified atom stereocenters. The summed E-state index contributed by atoms with van der Waals surface area (Å²) in [5.74, 6) is -0.575. The number of amides is 1. The van der Waals surface area contributed by atoms with Crippen LogP contribution in [-0.4, -0.2) is 35.0 Å². The van der Waals surface area contributed by atoms with Gasteiger partial charge in [-0.25, -0.2) is 0 Å². The first kappa shape index (κ1) is 13.6. The molecule has 0 saturated carbocycles. The molecule has 1 saturated heterocycles.